The number of amides is 1. The molecule has 4 rings (SSSR count). The number of aryl methyl sites for hydroxylation is 2. The molecule has 1 atom stereocenters. The van der Waals surface area contributed by atoms with Gasteiger partial charge in [0, 0.05) is 39.3 Å². The number of aromatic nitrogens is 3. The highest BCUT2D eigenvalue weighted by molar-refractivity contribution is 5.84. The lowest BCUT2D eigenvalue weighted by Gasteiger charge is -2.32. The number of hydrogen-bond acceptors (Lipinski definition) is 5. The molecule has 1 fully saturated rings. The maximum absolute atomic E-state index is 12.8. The van der Waals surface area contributed by atoms with Gasteiger partial charge in [0.2, 0.25) is 5.91 Å². The number of carbonyl (C=O) groups is 1. The molecule has 25 heavy (non-hydrogen) atoms. The Morgan fingerprint density at radius 2 is 2.28 bits per heavy atom. The van der Waals surface area contributed by atoms with Crippen LogP contribution < -0.4 is 5.32 Å². The summed E-state index contributed by atoms with van der Waals surface area (Å²) >= 11 is 0. The second-order valence-corrected chi connectivity index (χ2v) is 7.38. The molecule has 7 heteroatoms. The van der Waals surface area contributed by atoms with Crippen LogP contribution in [0, 0.1) is 12.8 Å². The number of nitrogens with zero attached hydrogens (tertiary/aromatic N) is 4. The largest absolute Gasteiger partial charge is 0.361 e. The summed E-state index contributed by atoms with van der Waals surface area (Å²) in [5.74, 6) is 1.38. The van der Waals surface area contributed by atoms with Crippen LogP contribution in [0.3, 0.4) is 0 Å². The van der Waals surface area contributed by atoms with E-state index in [2.05, 4.69) is 20.4 Å². The van der Waals surface area contributed by atoms with Crippen LogP contribution in [0.1, 0.15) is 48.0 Å². The standard InChI is InChI=1S/C18H25N5O2/c1-12-6-14(21-25-12)8-23-9-15(17-16(10-23)20-11-22(17)2)18(24)19-7-13-4-3-5-13/h6,11,13,15H,3-5,7-10H2,1-2H3,(H,19,24). The van der Waals surface area contributed by atoms with Crippen molar-refractivity contribution in [2.24, 2.45) is 13.0 Å². The van der Waals surface area contributed by atoms with Gasteiger partial charge in [-0.15, -0.1) is 0 Å². The Labute approximate surface area is 147 Å². The summed E-state index contributed by atoms with van der Waals surface area (Å²) in [6.45, 7) is 4.76. The molecule has 0 bridgehead atoms. The van der Waals surface area contributed by atoms with Crippen molar-refractivity contribution < 1.29 is 9.32 Å². The Morgan fingerprint density at radius 1 is 1.44 bits per heavy atom. The molecule has 1 aliphatic heterocycles. The first-order chi connectivity index (χ1) is 12.1. The molecular formula is C18H25N5O2. The van der Waals surface area contributed by atoms with Crippen molar-refractivity contribution in [2.45, 2.75) is 45.2 Å². The summed E-state index contributed by atoms with van der Waals surface area (Å²) < 4.78 is 7.15. The number of carbonyl (C=O) groups excluding carboxylic acids is 1. The second kappa shape index (κ2) is 6.63. The highest BCUT2D eigenvalue weighted by Gasteiger charge is 2.34. The topological polar surface area (TPSA) is 76.2 Å². The molecule has 7 nitrogen and oxygen atoms in total. The van der Waals surface area contributed by atoms with E-state index in [-0.39, 0.29) is 11.8 Å². The molecule has 1 unspecified atom stereocenters. The fraction of sp³-hybridized carbons (Fsp3) is 0.611. The van der Waals surface area contributed by atoms with Gasteiger partial charge >= 0.3 is 0 Å². The Hall–Kier alpha value is -2.15. The Balaban J connectivity index is 1.49. The molecule has 1 saturated carbocycles. The van der Waals surface area contributed by atoms with E-state index in [0.717, 1.165) is 35.9 Å². The minimum absolute atomic E-state index is 0.109. The van der Waals surface area contributed by atoms with Crippen molar-refractivity contribution in [3.8, 4) is 0 Å². The van der Waals surface area contributed by atoms with E-state index >= 15 is 0 Å². The maximum Gasteiger partial charge on any atom is 0.230 e. The average molecular weight is 343 g/mol. The highest BCUT2D eigenvalue weighted by Crippen LogP contribution is 2.29. The van der Waals surface area contributed by atoms with Crippen LogP contribution in [0.15, 0.2) is 16.9 Å². The van der Waals surface area contributed by atoms with Gasteiger partial charge in [0.25, 0.3) is 0 Å². The van der Waals surface area contributed by atoms with Crippen molar-refractivity contribution in [1.82, 2.24) is 24.9 Å². The molecule has 0 aromatic carbocycles. The highest BCUT2D eigenvalue weighted by atomic mass is 16.5. The Kier molecular flexibility index (Phi) is 4.33. The van der Waals surface area contributed by atoms with E-state index in [0.29, 0.717) is 19.0 Å². The zero-order valence-corrected chi connectivity index (χ0v) is 14.9. The van der Waals surface area contributed by atoms with Crippen LogP contribution in [0.4, 0.5) is 0 Å². The van der Waals surface area contributed by atoms with Crippen molar-refractivity contribution in [3.63, 3.8) is 0 Å². The zero-order chi connectivity index (χ0) is 17.4. The van der Waals surface area contributed by atoms with Crippen LogP contribution in [-0.4, -0.2) is 38.6 Å². The molecule has 1 amide bonds. The summed E-state index contributed by atoms with van der Waals surface area (Å²) in [7, 11) is 1.97. The van der Waals surface area contributed by atoms with Crippen molar-refractivity contribution >= 4 is 5.91 Å². The number of fused-ring (bicyclic) bond motifs is 1. The van der Waals surface area contributed by atoms with E-state index in [9.17, 15) is 4.79 Å². The molecule has 2 aromatic rings. The van der Waals surface area contributed by atoms with E-state index in [4.69, 9.17) is 4.52 Å². The zero-order valence-electron chi connectivity index (χ0n) is 14.9. The van der Waals surface area contributed by atoms with Gasteiger partial charge in [0.1, 0.15) is 5.76 Å². The third-order valence-electron chi connectivity index (χ3n) is 5.38. The van der Waals surface area contributed by atoms with Gasteiger partial charge in [-0.25, -0.2) is 4.98 Å². The van der Waals surface area contributed by atoms with Crippen molar-refractivity contribution in [1.29, 1.82) is 0 Å². The predicted octanol–water partition coefficient (Wildman–Crippen LogP) is 1.73. The molecule has 1 N–H and O–H groups in total. The van der Waals surface area contributed by atoms with Gasteiger partial charge in [-0.2, -0.15) is 0 Å². The number of rotatable bonds is 5. The summed E-state index contributed by atoms with van der Waals surface area (Å²) in [4.78, 5) is 19.6. The molecule has 2 aliphatic rings. The summed E-state index contributed by atoms with van der Waals surface area (Å²) in [5, 5.41) is 7.24. The summed E-state index contributed by atoms with van der Waals surface area (Å²) in [6, 6.07) is 1.94. The minimum Gasteiger partial charge on any atom is -0.361 e. The van der Waals surface area contributed by atoms with Crippen LogP contribution >= 0.6 is 0 Å². The lowest BCUT2D eigenvalue weighted by atomic mass is 9.85. The maximum atomic E-state index is 12.8. The van der Waals surface area contributed by atoms with Crippen LogP contribution in [0.25, 0.3) is 0 Å². The lowest BCUT2D eigenvalue weighted by molar-refractivity contribution is -0.123. The lowest BCUT2D eigenvalue weighted by Crippen LogP contribution is -2.43. The quantitative estimate of drug-likeness (QED) is 0.895. The molecule has 0 spiro atoms. The van der Waals surface area contributed by atoms with Gasteiger partial charge < -0.3 is 14.4 Å². The molecule has 0 radical (unpaired) electrons. The number of nitrogens with one attached hydrogen (secondary N) is 1. The van der Waals surface area contributed by atoms with Crippen LogP contribution in [0.5, 0.6) is 0 Å². The minimum atomic E-state index is -0.190. The van der Waals surface area contributed by atoms with Crippen molar-refractivity contribution in [2.75, 3.05) is 13.1 Å². The van der Waals surface area contributed by atoms with Gasteiger partial charge in [0.15, 0.2) is 0 Å². The fourth-order valence-corrected chi connectivity index (χ4v) is 3.79. The first kappa shape index (κ1) is 16.3. The smallest absolute Gasteiger partial charge is 0.230 e. The molecular weight excluding hydrogens is 318 g/mol. The summed E-state index contributed by atoms with van der Waals surface area (Å²) in [5.41, 5.74) is 2.92. The molecule has 0 saturated heterocycles. The number of imidazole rings is 1. The Morgan fingerprint density at radius 3 is 2.96 bits per heavy atom. The first-order valence-electron chi connectivity index (χ1n) is 9.02. The molecule has 2 aromatic heterocycles. The SMILES string of the molecule is Cc1cc(CN2Cc3ncn(C)c3C(C(=O)NCC3CCC3)C2)no1. The monoisotopic (exact) mass is 343 g/mol. The summed E-state index contributed by atoms with van der Waals surface area (Å²) in [6.07, 6.45) is 5.57. The fourth-order valence-electron chi connectivity index (χ4n) is 3.79. The number of hydrogen-bond donors (Lipinski definition) is 1. The van der Waals surface area contributed by atoms with Gasteiger partial charge in [-0.05, 0) is 25.7 Å². The Bertz CT molecular complexity index is 761. The van der Waals surface area contributed by atoms with Crippen molar-refractivity contribution in [3.05, 3.63) is 35.2 Å². The van der Waals surface area contributed by atoms with Gasteiger partial charge in [0.05, 0.1) is 29.3 Å². The van der Waals surface area contributed by atoms with Crippen LogP contribution in [0.2, 0.25) is 0 Å². The normalized spacial score (nSPS) is 21.0. The second-order valence-electron chi connectivity index (χ2n) is 7.38. The van der Waals surface area contributed by atoms with Crippen LogP contribution in [-0.2, 0) is 24.9 Å². The first-order valence-corrected chi connectivity index (χ1v) is 9.02. The third-order valence-corrected chi connectivity index (χ3v) is 5.38. The van der Waals surface area contributed by atoms with E-state index in [1.807, 2.05) is 24.6 Å². The molecule has 134 valence electrons. The van der Waals surface area contributed by atoms with E-state index < -0.39 is 0 Å². The average Bonchev–Trinajstić information content (AvgIpc) is 3.11. The third kappa shape index (κ3) is 3.33. The predicted molar refractivity (Wildman–Crippen MR) is 91.7 cm³/mol. The van der Waals surface area contributed by atoms with E-state index in [1.165, 1.54) is 19.3 Å². The van der Waals surface area contributed by atoms with Gasteiger partial charge in [-0.1, -0.05) is 11.6 Å². The van der Waals surface area contributed by atoms with E-state index in [1.54, 1.807) is 6.33 Å². The molecule has 3 heterocycles. The molecule has 1 aliphatic carbocycles. The van der Waals surface area contributed by atoms with Gasteiger partial charge in [-0.3, -0.25) is 9.69 Å².